The van der Waals surface area contributed by atoms with Gasteiger partial charge in [0.15, 0.2) is 0 Å². The van der Waals surface area contributed by atoms with E-state index in [1.54, 1.807) is 7.11 Å². The molecule has 1 amide bonds. The van der Waals surface area contributed by atoms with Crippen LogP contribution in [0.15, 0.2) is 24.4 Å². The first-order valence-electron chi connectivity index (χ1n) is 7.00. The van der Waals surface area contributed by atoms with Crippen molar-refractivity contribution in [1.29, 1.82) is 0 Å². The third-order valence-corrected chi connectivity index (χ3v) is 4.55. The van der Waals surface area contributed by atoms with Gasteiger partial charge < -0.3 is 10.1 Å². The number of nitrogens with one attached hydrogen (secondary N) is 1. The summed E-state index contributed by atoms with van der Waals surface area (Å²) >= 11 is 1.12. The molecule has 6 heteroatoms. The number of amides is 1. The number of hydrogen-bond donors (Lipinski definition) is 1. The number of carbonyl (C=O) groups is 1. The summed E-state index contributed by atoms with van der Waals surface area (Å²) in [4.78, 5) is 12.5. The van der Waals surface area contributed by atoms with Crippen molar-refractivity contribution in [3.63, 3.8) is 0 Å². The van der Waals surface area contributed by atoms with Gasteiger partial charge in [0.25, 0.3) is 5.91 Å². The van der Waals surface area contributed by atoms with E-state index >= 15 is 0 Å². The Morgan fingerprint density at radius 2 is 2.43 bits per heavy atom. The molecule has 3 rings (SSSR count). The SMILES string of the molecule is COc1ccc2c(c1)CCC[C@@H]2CNC(=O)c1cnns1. The van der Waals surface area contributed by atoms with Gasteiger partial charge in [-0.2, -0.15) is 0 Å². The Bertz CT molecular complexity index is 628. The first kappa shape index (κ1) is 14.0. The topological polar surface area (TPSA) is 64.1 Å². The molecule has 1 aromatic carbocycles. The summed E-state index contributed by atoms with van der Waals surface area (Å²) < 4.78 is 8.99. The van der Waals surface area contributed by atoms with E-state index < -0.39 is 0 Å². The van der Waals surface area contributed by atoms with E-state index in [4.69, 9.17) is 4.74 Å². The molecular weight excluding hydrogens is 286 g/mol. The number of aromatic nitrogens is 2. The van der Waals surface area contributed by atoms with Crippen LogP contribution in [0.3, 0.4) is 0 Å². The normalized spacial score (nSPS) is 17.1. The summed E-state index contributed by atoms with van der Waals surface area (Å²) in [5.41, 5.74) is 2.66. The smallest absolute Gasteiger partial charge is 0.264 e. The van der Waals surface area contributed by atoms with Gasteiger partial charge in [-0.3, -0.25) is 4.79 Å². The average Bonchev–Trinajstić information content (AvgIpc) is 3.06. The molecule has 0 fully saturated rings. The van der Waals surface area contributed by atoms with E-state index in [9.17, 15) is 4.79 Å². The summed E-state index contributed by atoms with van der Waals surface area (Å²) in [6.07, 6.45) is 4.82. The molecule has 1 N–H and O–H groups in total. The Morgan fingerprint density at radius 1 is 1.52 bits per heavy atom. The van der Waals surface area contributed by atoms with Crippen LogP contribution in [0.1, 0.15) is 39.6 Å². The van der Waals surface area contributed by atoms with Crippen LogP contribution in [0, 0.1) is 0 Å². The van der Waals surface area contributed by atoms with Gasteiger partial charge in [-0.25, -0.2) is 0 Å². The number of nitrogens with zero attached hydrogens (tertiary/aromatic N) is 2. The first-order valence-corrected chi connectivity index (χ1v) is 7.77. The Hall–Kier alpha value is -1.95. The van der Waals surface area contributed by atoms with Crippen molar-refractivity contribution in [3.05, 3.63) is 40.4 Å². The first-order chi connectivity index (χ1) is 10.3. The lowest BCUT2D eigenvalue weighted by Gasteiger charge is -2.26. The second kappa shape index (κ2) is 6.22. The van der Waals surface area contributed by atoms with Gasteiger partial charge in [0, 0.05) is 12.5 Å². The highest BCUT2D eigenvalue weighted by Crippen LogP contribution is 2.33. The number of benzene rings is 1. The lowest BCUT2D eigenvalue weighted by atomic mass is 9.82. The zero-order chi connectivity index (χ0) is 14.7. The number of fused-ring (bicyclic) bond motifs is 1. The molecule has 0 saturated carbocycles. The van der Waals surface area contributed by atoms with E-state index in [-0.39, 0.29) is 5.91 Å². The van der Waals surface area contributed by atoms with Crippen molar-refractivity contribution in [2.45, 2.75) is 25.2 Å². The minimum Gasteiger partial charge on any atom is -0.497 e. The molecule has 2 aromatic rings. The van der Waals surface area contributed by atoms with Crippen LogP contribution >= 0.6 is 11.5 Å². The fourth-order valence-corrected chi connectivity index (χ4v) is 3.23. The van der Waals surface area contributed by atoms with Crippen LogP contribution in [0.4, 0.5) is 0 Å². The van der Waals surface area contributed by atoms with Gasteiger partial charge in [-0.05, 0) is 54.1 Å². The predicted molar refractivity (Wildman–Crippen MR) is 80.9 cm³/mol. The monoisotopic (exact) mass is 303 g/mol. The molecule has 21 heavy (non-hydrogen) atoms. The van der Waals surface area contributed by atoms with Crippen LogP contribution in [-0.4, -0.2) is 29.1 Å². The largest absolute Gasteiger partial charge is 0.497 e. The molecule has 1 heterocycles. The van der Waals surface area contributed by atoms with Crippen molar-refractivity contribution in [2.75, 3.05) is 13.7 Å². The summed E-state index contributed by atoms with van der Waals surface area (Å²) in [6, 6.07) is 6.22. The molecule has 1 atom stereocenters. The molecule has 0 saturated heterocycles. The molecule has 1 aliphatic carbocycles. The maximum atomic E-state index is 12.0. The molecule has 5 nitrogen and oxygen atoms in total. The van der Waals surface area contributed by atoms with E-state index in [2.05, 4.69) is 27.0 Å². The van der Waals surface area contributed by atoms with Crippen LogP contribution in [0.5, 0.6) is 5.75 Å². The summed E-state index contributed by atoms with van der Waals surface area (Å²) in [6.45, 7) is 0.649. The third-order valence-electron chi connectivity index (χ3n) is 3.88. The predicted octanol–water partition coefficient (Wildman–Crippen LogP) is 2.40. The van der Waals surface area contributed by atoms with Gasteiger partial charge in [0.2, 0.25) is 0 Å². The second-order valence-corrected chi connectivity index (χ2v) is 5.93. The summed E-state index contributed by atoms with van der Waals surface area (Å²) in [5.74, 6) is 1.17. The Labute approximate surface area is 127 Å². The van der Waals surface area contributed by atoms with Crippen LogP contribution in [0.2, 0.25) is 0 Å². The minimum atomic E-state index is -0.0920. The van der Waals surface area contributed by atoms with Crippen LogP contribution in [-0.2, 0) is 6.42 Å². The van der Waals surface area contributed by atoms with Gasteiger partial charge in [0.05, 0.1) is 13.3 Å². The Balaban J connectivity index is 1.69. The fourth-order valence-electron chi connectivity index (χ4n) is 2.80. The third kappa shape index (κ3) is 3.05. The number of hydrogen-bond acceptors (Lipinski definition) is 5. The molecule has 0 unspecified atom stereocenters. The quantitative estimate of drug-likeness (QED) is 0.942. The van der Waals surface area contributed by atoms with Crippen molar-refractivity contribution >= 4 is 17.4 Å². The van der Waals surface area contributed by atoms with E-state index in [1.165, 1.54) is 17.3 Å². The highest BCUT2D eigenvalue weighted by Gasteiger charge is 2.21. The highest BCUT2D eigenvalue weighted by molar-refractivity contribution is 7.07. The number of rotatable bonds is 4. The molecule has 0 aliphatic heterocycles. The number of carbonyl (C=O) groups excluding carboxylic acids is 1. The van der Waals surface area contributed by atoms with E-state index in [0.717, 1.165) is 36.5 Å². The standard InChI is InChI=1S/C15H17N3O2S/c1-20-12-5-6-13-10(7-12)3-2-4-11(13)8-16-15(19)14-9-17-18-21-14/h5-7,9,11H,2-4,8H2,1H3,(H,16,19)/t11-/m1/s1. The van der Waals surface area contributed by atoms with Crippen molar-refractivity contribution < 1.29 is 9.53 Å². The van der Waals surface area contributed by atoms with Gasteiger partial charge >= 0.3 is 0 Å². The molecule has 1 aromatic heterocycles. The lowest BCUT2D eigenvalue weighted by molar-refractivity contribution is 0.0954. The van der Waals surface area contributed by atoms with Crippen LogP contribution in [0.25, 0.3) is 0 Å². The fraction of sp³-hybridized carbons (Fsp3) is 0.400. The Morgan fingerprint density at radius 3 is 3.19 bits per heavy atom. The maximum absolute atomic E-state index is 12.0. The lowest BCUT2D eigenvalue weighted by Crippen LogP contribution is -2.29. The molecule has 0 radical (unpaired) electrons. The number of methoxy groups -OCH3 is 1. The molecule has 0 spiro atoms. The van der Waals surface area contributed by atoms with E-state index in [0.29, 0.717) is 17.3 Å². The van der Waals surface area contributed by atoms with Gasteiger partial charge in [-0.15, -0.1) is 5.10 Å². The van der Waals surface area contributed by atoms with Gasteiger partial charge in [-0.1, -0.05) is 10.6 Å². The van der Waals surface area contributed by atoms with Gasteiger partial charge in [0.1, 0.15) is 10.6 Å². The zero-order valence-electron chi connectivity index (χ0n) is 11.8. The molecular formula is C15H17N3O2S. The maximum Gasteiger partial charge on any atom is 0.264 e. The average molecular weight is 303 g/mol. The number of ether oxygens (including phenoxy) is 1. The summed E-state index contributed by atoms with van der Waals surface area (Å²) in [7, 11) is 1.69. The summed E-state index contributed by atoms with van der Waals surface area (Å²) in [5, 5.41) is 6.67. The molecule has 110 valence electrons. The van der Waals surface area contributed by atoms with Crippen LogP contribution < -0.4 is 10.1 Å². The van der Waals surface area contributed by atoms with Crippen molar-refractivity contribution in [2.24, 2.45) is 0 Å². The van der Waals surface area contributed by atoms with E-state index in [1.807, 2.05) is 6.07 Å². The molecule has 0 bridgehead atoms. The van der Waals surface area contributed by atoms with Crippen molar-refractivity contribution in [3.8, 4) is 5.75 Å². The molecule has 1 aliphatic rings. The highest BCUT2D eigenvalue weighted by atomic mass is 32.1. The number of aryl methyl sites for hydroxylation is 1. The Kier molecular flexibility index (Phi) is 4.15. The minimum absolute atomic E-state index is 0.0920. The van der Waals surface area contributed by atoms with Crippen molar-refractivity contribution in [1.82, 2.24) is 14.9 Å². The second-order valence-electron chi connectivity index (χ2n) is 5.15. The zero-order valence-corrected chi connectivity index (χ0v) is 12.7.